The number of halogens is 1. The molecule has 1 atom stereocenters. The molecule has 0 bridgehead atoms. The van der Waals surface area contributed by atoms with Crippen LogP contribution in [0.1, 0.15) is 64.4 Å². The minimum atomic E-state index is -0.944. The van der Waals surface area contributed by atoms with Gasteiger partial charge in [0.1, 0.15) is 17.5 Å². The molecule has 0 spiro atoms. The Balaban J connectivity index is 1.73. The van der Waals surface area contributed by atoms with E-state index in [9.17, 15) is 14.0 Å². The van der Waals surface area contributed by atoms with Gasteiger partial charge in [0, 0.05) is 11.2 Å². The summed E-state index contributed by atoms with van der Waals surface area (Å²) in [5.41, 5.74) is 5.61. The van der Waals surface area contributed by atoms with Crippen LogP contribution >= 0.6 is 0 Å². The van der Waals surface area contributed by atoms with Gasteiger partial charge in [0.05, 0.1) is 16.8 Å². The van der Waals surface area contributed by atoms with Gasteiger partial charge in [-0.3, -0.25) is 9.59 Å². The van der Waals surface area contributed by atoms with Crippen molar-refractivity contribution >= 4 is 30.1 Å². The lowest BCUT2D eigenvalue weighted by atomic mass is 9.77. The fourth-order valence-electron chi connectivity index (χ4n) is 3.56. The van der Waals surface area contributed by atoms with E-state index < -0.39 is 47.7 Å². The number of carbonyl (C=O) groups is 2. The van der Waals surface area contributed by atoms with Crippen LogP contribution in [-0.4, -0.2) is 41.8 Å². The van der Waals surface area contributed by atoms with Crippen molar-refractivity contribution in [3.05, 3.63) is 59.4 Å². The number of rotatable bonds is 6. The number of hydrogen-bond donors (Lipinski definition) is 2. The molecule has 1 aliphatic heterocycles. The number of para-hydroxylation sites is 1. The summed E-state index contributed by atoms with van der Waals surface area (Å²) in [5, 5.41) is 2.77. The first kappa shape index (κ1) is 26.9. The largest absolute Gasteiger partial charge is 0.496 e. The second kappa shape index (κ2) is 9.72. The van der Waals surface area contributed by atoms with Crippen molar-refractivity contribution in [3.8, 4) is 0 Å². The van der Waals surface area contributed by atoms with Gasteiger partial charge in [0.25, 0.3) is 5.91 Å². The maximum Gasteiger partial charge on any atom is 0.496 e. The van der Waals surface area contributed by atoms with Crippen molar-refractivity contribution in [2.45, 2.75) is 77.7 Å². The quantitative estimate of drug-likeness (QED) is 0.480. The summed E-state index contributed by atoms with van der Waals surface area (Å²) in [4.78, 5) is 25.0. The molecular formula is C26H34BFN2O5. The van der Waals surface area contributed by atoms with Gasteiger partial charge in [0.15, 0.2) is 0 Å². The molecule has 0 aliphatic carbocycles. The molecule has 7 nitrogen and oxygen atoms in total. The van der Waals surface area contributed by atoms with Gasteiger partial charge < -0.3 is 25.1 Å². The average molecular weight is 484 g/mol. The minimum Gasteiger partial charge on any atom is -0.459 e. The number of amides is 1. The number of carbonyl (C=O) groups excluding carboxylic acids is 2. The summed E-state index contributed by atoms with van der Waals surface area (Å²) < 4.78 is 32.3. The van der Waals surface area contributed by atoms with Crippen LogP contribution in [-0.2, 0) is 25.3 Å². The van der Waals surface area contributed by atoms with Crippen LogP contribution in [0, 0.1) is 5.82 Å². The molecular weight excluding hydrogens is 450 g/mol. The second-order valence-electron chi connectivity index (χ2n) is 10.8. The molecule has 1 saturated heterocycles. The highest BCUT2D eigenvalue weighted by atomic mass is 19.1. The summed E-state index contributed by atoms with van der Waals surface area (Å²) in [6, 6.07) is 10.3. The molecule has 0 aromatic heterocycles. The van der Waals surface area contributed by atoms with Crippen LogP contribution in [0.25, 0.3) is 0 Å². The third kappa shape index (κ3) is 6.28. The second-order valence-corrected chi connectivity index (χ2v) is 10.8. The smallest absolute Gasteiger partial charge is 0.459 e. The van der Waals surface area contributed by atoms with Crippen molar-refractivity contribution in [3.63, 3.8) is 0 Å². The highest BCUT2D eigenvalue weighted by molar-refractivity contribution is 6.64. The monoisotopic (exact) mass is 484 g/mol. The standard InChI is InChI=1S/C26H34BFN2O5/c1-24(2,3)33-23(32)20(29)15-16-12-13-17(19(28)14-16)22(31)30-21-11-9-8-10-18(21)27-34-25(4,5)26(6,7)35-27/h8-14,20H,15,29H2,1-7H3,(H,30,31)/t20-/m0/s1. The molecule has 35 heavy (non-hydrogen) atoms. The lowest BCUT2D eigenvalue weighted by Gasteiger charge is -2.32. The molecule has 0 unspecified atom stereocenters. The van der Waals surface area contributed by atoms with Crippen molar-refractivity contribution in [1.29, 1.82) is 0 Å². The molecule has 2 aromatic carbocycles. The van der Waals surface area contributed by atoms with E-state index in [-0.39, 0.29) is 12.0 Å². The Labute approximate surface area is 206 Å². The Morgan fingerprint density at radius 1 is 1.09 bits per heavy atom. The van der Waals surface area contributed by atoms with Crippen molar-refractivity contribution in [2.24, 2.45) is 5.73 Å². The molecule has 1 heterocycles. The fraction of sp³-hybridized carbons (Fsp3) is 0.462. The Morgan fingerprint density at radius 2 is 1.69 bits per heavy atom. The summed E-state index contributed by atoms with van der Waals surface area (Å²) >= 11 is 0. The van der Waals surface area contributed by atoms with Gasteiger partial charge in [-0.25, -0.2) is 4.39 Å². The number of anilines is 1. The van der Waals surface area contributed by atoms with Crippen molar-refractivity contribution < 1.29 is 28.0 Å². The molecule has 9 heteroatoms. The zero-order valence-electron chi connectivity index (χ0n) is 21.4. The number of ether oxygens (including phenoxy) is 1. The predicted octanol–water partition coefficient (Wildman–Crippen LogP) is 3.59. The summed E-state index contributed by atoms with van der Waals surface area (Å²) in [7, 11) is -0.682. The first-order valence-electron chi connectivity index (χ1n) is 11.6. The zero-order chi connectivity index (χ0) is 26.2. The fourth-order valence-corrected chi connectivity index (χ4v) is 3.56. The molecule has 3 N–H and O–H groups in total. The van der Waals surface area contributed by atoms with Crippen LogP contribution in [0.15, 0.2) is 42.5 Å². The van der Waals surface area contributed by atoms with Gasteiger partial charge in [-0.2, -0.15) is 0 Å². The van der Waals surface area contributed by atoms with Gasteiger partial charge in [-0.05, 0) is 78.6 Å². The van der Waals surface area contributed by atoms with E-state index >= 15 is 0 Å². The average Bonchev–Trinajstić information content (AvgIpc) is 2.94. The Bertz CT molecular complexity index is 1100. The minimum absolute atomic E-state index is 0.0818. The van der Waals surface area contributed by atoms with Gasteiger partial charge in [-0.15, -0.1) is 0 Å². The van der Waals surface area contributed by atoms with E-state index in [0.29, 0.717) is 16.7 Å². The molecule has 0 saturated carbocycles. The number of nitrogens with one attached hydrogen (secondary N) is 1. The molecule has 188 valence electrons. The summed E-state index contributed by atoms with van der Waals surface area (Å²) in [5.74, 6) is -1.90. The normalized spacial score (nSPS) is 17.7. The highest BCUT2D eigenvalue weighted by Crippen LogP contribution is 2.37. The van der Waals surface area contributed by atoms with E-state index in [1.54, 1.807) is 45.0 Å². The summed E-state index contributed by atoms with van der Waals surface area (Å²) in [6.07, 6.45) is 0.0818. The Kier molecular flexibility index (Phi) is 7.46. The third-order valence-electron chi connectivity index (χ3n) is 6.16. The van der Waals surface area contributed by atoms with Crippen LogP contribution < -0.4 is 16.5 Å². The van der Waals surface area contributed by atoms with Gasteiger partial charge in [0.2, 0.25) is 0 Å². The topological polar surface area (TPSA) is 99.9 Å². The van der Waals surface area contributed by atoms with Crippen LogP contribution in [0.5, 0.6) is 0 Å². The Morgan fingerprint density at radius 3 is 2.26 bits per heavy atom. The number of esters is 1. The summed E-state index contributed by atoms with van der Waals surface area (Å²) in [6.45, 7) is 13.0. The van der Waals surface area contributed by atoms with Crippen molar-refractivity contribution in [1.82, 2.24) is 0 Å². The van der Waals surface area contributed by atoms with Gasteiger partial charge in [-0.1, -0.05) is 24.3 Å². The maximum atomic E-state index is 14.9. The molecule has 3 rings (SSSR count). The molecule has 2 aromatic rings. The lowest BCUT2D eigenvalue weighted by molar-refractivity contribution is -0.156. The first-order valence-corrected chi connectivity index (χ1v) is 11.6. The third-order valence-corrected chi connectivity index (χ3v) is 6.16. The Hall–Kier alpha value is -2.75. The number of hydrogen-bond acceptors (Lipinski definition) is 6. The SMILES string of the molecule is CC(C)(C)OC(=O)[C@@H](N)Cc1ccc(C(=O)Nc2ccccc2B2OC(C)(C)C(C)(C)O2)c(F)c1. The van der Waals surface area contributed by atoms with Gasteiger partial charge >= 0.3 is 13.1 Å². The van der Waals surface area contributed by atoms with Crippen LogP contribution in [0.4, 0.5) is 10.1 Å². The van der Waals surface area contributed by atoms with Crippen LogP contribution in [0.3, 0.4) is 0 Å². The van der Waals surface area contributed by atoms with Crippen molar-refractivity contribution in [2.75, 3.05) is 5.32 Å². The highest BCUT2D eigenvalue weighted by Gasteiger charge is 2.52. The molecule has 1 aliphatic rings. The number of nitrogens with two attached hydrogens (primary N) is 1. The predicted molar refractivity (Wildman–Crippen MR) is 134 cm³/mol. The number of benzene rings is 2. The first-order chi connectivity index (χ1) is 16.1. The zero-order valence-corrected chi connectivity index (χ0v) is 21.4. The van der Waals surface area contributed by atoms with E-state index in [4.69, 9.17) is 19.8 Å². The molecule has 1 amide bonds. The van der Waals surface area contributed by atoms with E-state index in [2.05, 4.69) is 5.32 Å². The van der Waals surface area contributed by atoms with E-state index in [0.717, 1.165) is 0 Å². The van der Waals surface area contributed by atoms with Crippen LogP contribution in [0.2, 0.25) is 0 Å². The van der Waals surface area contributed by atoms with E-state index in [1.165, 1.54) is 12.1 Å². The molecule has 1 fully saturated rings. The maximum absolute atomic E-state index is 14.9. The molecule has 0 radical (unpaired) electrons. The lowest BCUT2D eigenvalue weighted by Crippen LogP contribution is -2.41. The van der Waals surface area contributed by atoms with E-state index in [1.807, 2.05) is 33.8 Å².